The lowest BCUT2D eigenvalue weighted by atomic mass is 9.94. The fourth-order valence-electron chi connectivity index (χ4n) is 4.41. The molecule has 0 aliphatic carbocycles. The van der Waals surface area contributed by atoms with E-state index < -0.39 is 10.0 Å². The van der Waals surface area contributed by atoms with Crippen molar-refractivity contribution in [2.75, 3.05) is 45.0 Å². The molecule has 30 heavy (non-hydrogen) atoms. The number of sulfonamides is 1. The van der Waals surface area contributed by atoms with Gasteiger partial charge in [0.05, 0.1) is 10.6 Å². The predicted octanol–water partition coefficient (Wildman–Crippen LogP) is 2.34. The van der Waals surface area contributed by atoms with Gasteiger partial charge in [0.15, 0.2) is 0 Å². The second-order valence-corrected chi connectivity index (χ2v) is 11.2. The molecule has 1 atom stereocenters. The topological polar surface area (TPSA) is 78.0 Å². The number of nitrogens with zero attached hydrogens (tertiary/aromatic N) is 3. The summed E-state index contributed by atoms with van der Waals surface area (Å²) in [5.74, 6) is 0.264. The van der Waals surface area contributed by atoms with E-state index in [9.17, 15) is 18.0 Å². The summed E-state index contributed by atoms with van der Waals surface area (Å²) in [6.07, 6.45) is 0.850. The zero-order valence-electron chi connectivity index (χ0n) is 17.3. The van der Waals surface area contributed by atoms with Gasteiger partial charge in [-0.3, -0.25) is 9.59 Å². The maximum absolute atomic E-state index is 13.5. The maximum Gasteiger partial charge on any atom is 0.264 e. The van der Waals surface area contributed by atoms with Gasteiger partial charge in [-0.25, -0.2) is 8.42 Å². The van der Waals surface area contributed by atoms with Crippen molar-refractivity contribution in [3.8, 4) is 0 Å². The average Bonchev–Trinajstić information content (AvgIpc) is 3.38. The fourth-order valence-corrected chi connectivity index (χ4v) is 6.75. The first-order valence-corrected chi connectivity index (χ1v) is 12.8. The summed E-state index contributed by atoms with van der Waals surface area (Å²) in [6.45, 7) is 6.05. The Morgan fingerprint density at radius 1 is 1.07 bits per heavy atom. The van der Waals surface area contributed by atoms with Gasteiger partial charge >= 0.3 is 0 Å². The highest BCUT2D eigenvalue weighted by atomic mass is 32.2. The Hall–Kier alpha value is -1.97. The van der Waals surface area contributed by atoms with Gasteiger partial charge in [0.2, 0.25) is 15.9 Å². The second-order valence-electron chi connectivity index (χ2n) is 7.88. The van der Waals surface area contributed by atoms with Crippen LogP contribution in [0.25, 0.3) is 10.1 Å². The van der Waals surface area contributed by atoms with Crippen LogP contribution in [0.15, 0.2) is 24.3 Å². The number of rotatable bonds is 4. The lowest BCUT2D eigenvalue weighted by Gasteiger charge is -2.34. The molecule has 0 N–H and O–H groups in total. The van der Waals surface area contributed by atoms with Gasteiger partial charge in [-0.15, -0.1) is 11.3 Å². The van der Waals surface area contributed by atoms with Crippen LogP contribution in [0.4, 0.5) is 0 Å². The highest BCUT2D eigenvalue weighted by molar-refractivity contribution is 7.89. The zero-order valence-corrected chi connectivity index (χ0v) is 19.0. The molecule has 7 nitrogen and oxygen atoms in total. The quantitative estimate of drug-likeness (QED) is 0.718. The summed E-state index contributed by atoms with van der Waals surface area (Å²) >= 11 is 1.51. The van der Waals surface area contributed by atoms with Crippen LogP contribution in [-0.2, 0) is 14.8 Å². The van der Waals surface area contributed by atoms with Gasteiger partial charge in [-0.1, -0.05) is 18.2 Å². The summed E-state index contributed by atoms with van der Waals surface area (Å²) in [4.78, 5) is 29.7. The van der Waals surface area contributed by atoms with Crippen molar-refractivity contribution in [1.29, 1.82) is 0 Å². The lowest BCUT2D eigenvalue weighted by molar-refractivity contribution is -0.127. The molecule has 0 radical (unpaired) electrons. The van der Waals surface area contributed by atoms with E-state index in [1.165, 1.54) is 15.6 Å². The number of benzene rings is 1. The molecule has 2 aliphatic rings. The summed E-state index contributed by atoms with van der Waals surface area (Å²) in [5.41, 5.74) is 1.05. The van der Waals surface area contributed by atoms with Crippen molar-refractivity contribution in [2.24, 2.45) is 0 Å². The molecule has 2 saturated heterocycles. The van der Waals surface area contributed by atoms with Gasteiger partial charge < -0.3 is 9.80 Å². The molecule has 1 aromatic carbocycles. The standard InChI is InChI=1S/C21H27N3O4S2/c1-3-30(27,28)24-12-10-22(11-13-24)21(26)20-19(16-8-9-23(14-16)15(2)25)17-6-4-5-7-18(17)29-20/h4-7,16H,3,8-14H2,1-2H3. The molecule has 3 heterocycles. The Balaban J connectivity index is 1.61. The van der Waals surface area contributed by atoms with Crippen molar-refractivity contribution in [3.63, 3.8) is 0 Å². The Bertz CT molecular complexity index is 1070. The molecule has 1 aromatic heterocycles. The third-order valence-electron chi connectivity index (χ3n) is 6.15. The molecule has 4 rings (SSSR count). The third kappa shape index (κ3) is 3.86. The largest absolute Gasteiger partial charge is 0.342 e. The van der Waals surface area contributed by atoms with E-state index in [0.717, 1.165) is 26.9 Å². The number of hydrogen-bond acceptors (Lipinski definition) is 5. The van der Waals surface area contributed by atoms with Crippen LogP contribution < -0.4 is 0 Å². The van der Waals surface area contributed by atoms with E-state index in [4.69, 9.17) is 0 Å². The summed E-state index contributed by atoms with van der Waals surface area (Å²) in [7, 11) is -3.23. The number of carbonyl (C=O) groups is 2. The molecule has 2 amide bonds. The number of likely N-dealkylation sites (tertiary alicyclic amines) is 1. The molecule has 162 valence electrons. The third-order valence-corrected chi connectivity index (χ3v) is 9.21. The number of piperazine rings is 1. The fraction of sp³-hybridized carbons (Fsp3) is 0.524. The van der Waals surface area contributed by atoms with E-state index in [1.807, 2.05) is 23.1 Å². The van der Waals surface area contributed by atoms with Crippen LogP contribution in [0.3, 0.4) is 0 Å². The normalized spacial score (nSPS) is 20.8. The molecule has 0 saturated carbocycles. The highest BCUT2D eigenvalue weighted by Crippen LogP contribution is 2.40. The molecule has 2 aliphatic heterocycles. The van der Waals surface area contributed by atoms with Crippen molar-refractivity contribution in [3.05, 3.63) is 34.7 Å². The Kier molecular flexibility index (Phi) is 5.87. The van der Waals surface area contributed by atoms with Crippen LogP contribution >= 0.6 is 11.3 Å². The van der Waals surface area contributed by atoms with E-state index >= 15 is 0 Å². The average molecular weight is 450 g/mol. The molecule has 2 aromatic rings. The molecule has 1 unspecified atom stereocenters. The van der Waals surface area contributed by atoms with E-state index in [0.29, 0.717) is 39.3 Å². The zero-order chi connectivity index (χ0) is 21.5. The van der Waals surface area contributed by atoms with Crippen molar-refractivity contribution < 1.29 is 18.0 Å². The van der Waals surface area contributed by atoms with Crippen LogP contribution in [0.1, 0.15) is 41.4 Å². The summed E-state index contributed by atoms with van der Waals surface area (Å²) in [6, 6.07) is 8.05. The SMILES string of the molecule is CCS(=O)(=O)N1CCN(C(=O)c2sc3ccccc3c2C2CCN(C(C)=O)C2)CC1. The second kappa shape index (κ2) is 8.28. The Morgan fingerprint density at radius 3 is 2.40 bits per heavy atom. The summed E-state index contributed by atoms with van der Waals surface area (Å²) < 4.78 is 26.8. The van der Waals surface area contributed by atoms with Crippen LogP contribution in [0.2, 0.25) is 0 Å². The predicted molar refractivity (Wildman–Crippen MR) is 118 cm³/mol. The van der Waals surface area contributed by atoms with E-state index in [1.54, 1.807) is 18.7 Å². The number of carbonyl (C=O) groups excluding carboxylic acids is 2. The van der Waals surface area contributed by atoms with E-state index in [-0.39, 0.29) is 23.5 Å². The first-order valence-electron chi connectivity index (χ1n) is 10.4. The van der Waals surface area contributed by atoms with Crippen molar-refractivity contribution >= 4 is 43.3 Å². The Labute approximate surface area is 181 Å². The van der Waals surface area contributed by atoms with Gasteiger partial charge in [0, 0.05) is 56.8 Å². The van der Waals surface area contributed by atoms with Crippen molar-refractivity contribution in [1.82, 2.24) is 14.1 Å². The van der Waals surface area contributed by atoms with Crippen LogP contribution in [0.5, 0.6) is 0 Å². The molecular weight excluding hydrogens is 422 g/mol. The lowest BCUT2D eigenvalue weighted by Crippen LogP contribution is -2.50. The van der Waals surface area contributed by atoms with Crippen LogP contribution in [0, 0.1) is 0 Å². The Morgan fingerprint density at radius 2 is 1.77 bits per heavy atom. The molecular formula is C21H27N3O4S2. The minimum absolute atomic E-state index is 0.0268. The molecule has 0 spiro atoms. The molecule has 0 bridgehead atoms. The number of fused-ring (bicyclic) bond motifs is 1. The van der Waals surface area contributed by atoms with Gasteiger partial charge in [-0.05, 0) is 30.4 Å². The minimum atomic E-state index is -3.23. The van der Waals surface area contributed by atoms with Gasteiger partial charge in [-0.2, -0.15) is 4.31 Å². The minimum Gasteiger partial charge on any atom is -0.342 e. The molecule has 2 fully saturated rings. The smallest absolute Gasteiger partial charge is 0.264 e. The summed E-state index contributed by atoms with van der Waals surface area (Å²) in [5, 5.41) is 1.09. The van der Waals surface area contributed by atoms with Gasteiger partial charge in [0.25, 0.3) is 5.91 Å². The van der Waals surface area contributed by atoms with Gasteiger partial charge in [0.1, 0.15) is 0 Å². The highest BCUT2D eigenvalue weighted by Gasteiger charge is 2.34. The molecule has 9 heteroatoms. The number of thiophene rings is 1. The first-order chi connectivity index (χ1) is 14.3. The monoisotopic (exact) mass is 449 g/mol. The van der Waals surface area contributed by atoms with Crippen molar-refractivity contribution in [2.45, 2.75) is 26.2 Å². The number of amides is 2. The van der Waals surface area contributed by atoms with Crippen LogP contribution in [-0.4, -0.2) is 79.4 Å². The first kappa shape index (κ1) is 21.3. The van der Waals surface area contributed by atoms with E-state index in [2.05, 4.69) is 6.07 Å². The maximum atomic E-state index is 13.5. The number of hydrogen-bond donors (Lipinski definition) is 0.